The quantitative estimate of drug-likeness (QED) is 0.671. The number of carbonyl (C=O) groups excluding carboxylic acids is 1. The van der Waals surface area contributed by atoms with Crippen LogP contribution in [0.4, 0.5) is 10.5 Å². The van der Waals surface area contributed by atoms with E-state index in [1.54, 1.807) is 11.7 Å². The third-order valence-electron chi connectivity index (χ3n) is 4.80. The van der Waals surface area contributed by atoms with Gasteiger partial charge in [0.1, 0.15) is 6.61 Å². The lowest BCUT2D eigenvalue weighted by molar-refractivity contribution is 0.214. The molecule has 9 heteroatoms. The van der Waals surface area contributed by atoms with Crippen LogP contribution in [0.25, 0.3) is 11.3 Å². The van der Waals surface area contributed by atoms with E-state index >= 15 is 0 Å². The first-order valence-electron chi connectivity index (χ1n) is 9.04. The fourth-order valence-corrected chi connectivity index (χ4v) is 3.29. The van der Waals surface area contributed by atoms with Crippen molar-refractivity contribution in [3.05, 3.63) is 64.7 Å². The van der Waals surface area contributed by atoms with Gasteiger partial charge < -0.3 is 4.74 Å². The lowest BCUT2D eigenvalue weighted by atomic mass is 10.1. The minimum atomic E-state index is -0.209. The standard InChI is InChI=1S/C20H21ClN6O2/c1-13-5-4-6-17(27-20(28)26(3)23-24-27)16(13)12-29-19-11-18(25(2)22-19)14-7-9-15(21)10-8-14/h4-11,23-24H,12H2,1-3H3. The number of nitrogens with zero attached hydrogens (tertiary/aromatic N) is 4. The van der Waals surface area contributed by atoms with Crippen LogP contribution in [0, 0.1) is 6.92 Å². The maximum atomic E-state index is 12.3. The first-order valence-corrected chi connectivity index (χ1v) is 9.42. The second-order valence-corrected chi connectivity index (χ2v) is 7.20. The molecule has 2 aromatic carbocycles. The van der Waals surface area contributed by atoms with Crippen LogP contribution in [-0.4, -0.2) is 27.9 Å². The average Bonchev–Trinajstić information content (AvgIpc) is 3.23. The molecule has 1 fully saturated rings. The fraction of sp³-hybridized carbons (Fsp3) is 0.200. The Morgan fingerprint density at radius 1 is 1.10 bits per heavy atom. The predicted octanol–water partition coefficient (Wildman–Crippen LogP) is 3.42. The molecule has 8 nitrogen and oxygen atoms in total. The molecule has 0 aliphatic carbocycles. The highest BCUT2D eigenvalue weighted by Crippen LogP contribution is 2.28. The molecule has 2 amide bonds. The van der Waals surface area contributed by atoms with Gasteiger partial charge in [-0.25, -0.2) is 14.8 Å². The van der Waals surface area contributed by atoms with E-state index in [0.717, 1.165) is 28.1 Å². The van der Waals surface area contributed by atoms with Crippen LogP contribution < -0.4 is 20.8 Å². The lowest BCUT2D eigenvalue weighted by Gasteiger charge is -2.19. The van der Waals surface area contributed by atoms with Crippen molar-refractivity contribution >= 4 is 23.3 Å². The van der Waals surface area contributed by atoms with Gasteiger partial charge in [0.15, 0.2) is 0 Å². The van der Waals surface area contributed by atoms with Crippen LogP contribution in [0.5, 0.6) is 5.88 Å². The van der Waals surface area contributed by atoms with Gasteiger partial charge in [-0.3, -0.25) is 4.68 Å². The van der Waals surface area contributed by atoms with Crippen molar-refractivity contribution in [3.8, 4) is 17.1 Å². The number of carbonyl (C=O) groups is 1. The van der Waals surface area contributed by atoms with Gasteiger partial charge in [-0.05, 0) is 30.7 Å². The van der Waals surface area contributed by atoms with E-state index in [4.69, 9.17) is 16.3 Å². The molecular weight excluding hydrogens is 392 g/mol. The van der Waals surface area contributed by atoms with E-state index in [0.29, 0.717) is 10.9 Å². The van der Waals surface area contributed by atoms with Crippen LogP contribution in [0.15, 0.2) is 48.5 Å². The normalized spacial score (nSPS) is 14.0. The summed E-state index contributed by atoms with van der Waals surface area (Å²) in [7, 11) is 3.51. The third-order valence-corrected chi connectivity index (χ3v) is 5.05. The highest BCUT2D eigenvalue weighted by Gasteiger charge is 2.28. The van der Waals surface area contributed by atoms with Gasteiger partial charge in [-0.2, -0.15) is 0 Å². The molecule has 0 unspecified atom stereocenters. The summed E-state index contributed by atoms with van der Waals surface area (Å²) in [4.78, 5) is 12.3. The number of benzene rings is 2. The Bertz CT molecular complexity index is 1050. The number of aromatic nitrogens is 2. The van der Waals surface area contributed by atoms with Gasteiger partial charge in [0.2, 0.25) is 5.88 Å². The number of urea groups is 1. The summed E-state index contributed by atoms with van der Waals surface area (Å²) in [5.74, 6) is 0.502. The minimum Gasteiger partial charge on any atom is -0.472 e. The number of ether oxygens (including phenoxy) is 1. The monoisotopic (exact) mass is 412 g/mol. The Balaban J connectivity index is 1.56. The molecule has 1 aromatic heterocycles. The third kappa shape index (κ3) is 3.77. The zero-order valence-electron chi connectivity index (χ0n) is 16.3. The van der Waals surface area contributed by atoms with Crippen molar-refractivity contribution < 1.29 is 9.53 Å². The van der Waals surface area contributed by atoms with Gasteiger partial charge in [-0.15, -0.1) is 16.2 Å². The van der Waals surface area contributed by atoms with Crippen molar-refractivity contribution in [2.24, 2.45) is 7.05 Å². The highest BCUT2D eigenvalue weighted by atomic mass is 35.5. The number of hydrogen-bond acceptors (Lipinski definition) is 5. The van der Waals surface area contributed by atoms with E-state index in [9.17, 15) is 4.79 Å². The molecular formula is C20H21ClN6O2. The molecule has 1 saturated heterocycles. The Morgan fingerprint density at radius 3 is 2.55 bits per heavy atom. The van der Waals surface area contributed by atoms with Gasteiger partial charge >= 0.3 is 6.03 Å². The maximum absolute atomic E-state index is 12.3. The summed E-state index contributed by atoms with van der Waals surface area (Å²) in [5, 5.41) is 7.95. The highest BCUT2D eigenvalue weighted by molar-refractivity contribution is 6.30. The molecule has 0 bridgehead atoms. The van der Waals surface area contributed by atoms with Crippen molar-refractivity contribution in [1.29, 1.82) is 0 Å². The van der Waals surface area contributed by atoms with E-state index in [-0.39, 0.29) is 12.6 Å². The summed E-state index contributed by atoms with van der Waals surface area (Å²) in [6.45, 7) is 2.26. The second kappa shape index (κ2) is 7.75. The number of rotatable bonds is 5. The SMILES string of the molecule is Cc1cccc(N2NNN(C)C2=O)c1COc1cc(-c2ccc(Cl)cc2)n(C)n1. The molecule has 1 aliphatic rings. The zero-order chi connectivity index (χ0) is 20.5. The first kappa shape index (κ1) is 19.3. The summed E-state index contributed by atoms with van der Waals surface area (Å²) in [6.07, 6.45) is 0. The number of aryl methyl sites for hydroxylation is 2. The number of amides is 2. The van der Waals surface area contributed by atoms with Gasteiger partial charge in [0.25, 0.3) is 0 Å². The topological polar surface area (TPSA) is 74.7 Å². The van der Waals surface area contributed by atoms with Gasteiger partial charge in [0.05, 0.1) is 11.4 Å². The summed E-state index contributed by atoms with van der Waals surface area (Å²) in [5.41, 5.74) is 10.2. The predicted molar refractivity (Wildman–Crippen MR) is 111 cm³/mol. The largest absolute Gasteiger partial charge is 0.472 e. The zero-order valence-corrected chi connectivity index (χ0v) is 17.1. The average molecular weight is 413 g/mol. The molecule has 150 valence electrons. The molecule has 0 radical (unpaired) electrons. The molecule has 29 heavy (non-hydrogen) atoms. The number of hydrazine groups is 3. The van der Waals surface area contributed by atoms with Crippen LogP contribution in [-0.2, 0) is 13.7 Å². The van der Waals surface area contributed by atoms with E-state index in [1.807, 2.05) is 62.5 Å². The summed E-state index contributed by atoms with van der Waals surface area (Å²) >= 11 is 5.98. The van der Waals surface area contributed by atoms with Gasteiger partial charge in [-0.1, -0.05) is 35.9 Å². The lowest BCUT2D eigenvalue weighted by Crippen LogP contribution is -2.38. The molecule has 4 rings (SSSR count). The first-order chi connectivity index (χ1) is 13.9. The minimum absolute atomic E-state index is 0.209. The summed E-state index contributed by atoms with van der Waals surface area (Å²) < 4.78 is 7.75. The molecule has 3 aromatic rings. The van der Waals surface area contributed by atoms with E-state index in [1.165, 1.54) is 10.0 Å². The number of halogens is 1. The molecule has 2 heterocycles. The van der Waals surface area contributed by atoms with Crippen molar-refractivity contribution in [2.75, 3.05) is 12.1 Å². The molecule has 0 spiro atoms. The van der Waals surface area contributed by atoms with E-state index in [2.05, 4.69) is 16.2 Å². The number of nitrogens with one attached hydrogen (secondary N) is 2. The molecule has 0 atom stereocenters. The van der Waals surface area contributed by atoms with Crippen LogP contribution >= 0.6 is 11.6 Å². The van der Waals surface area contributed by atoms with Gasteiger partial charge in [0, 0.05) is 36.3 Å². The van der Waals surface area contributed by atoms with Crippen LogP contribution in [0.1, 0.15) is 11.1 Å². The number of anilines is 1. The molecule has 1 aliphatic heterocycles. The van der Waals surface area contributed by atoms with Crippen LogP contribution in [0.3, 0.4) is 0 Å². The smallest absolute Gasteiger partial charge is 0.355 e. The number of hydrogen-bond donors (Lipinski definition) is 2. The second-order valence-electron chi connectivity index (χ2n) is 6.76. The fourth-order valence-electron chi connectivity index (χ4n) is 3.17. The summed E-state index contributed by atoms with van der Waals surface area (Å²) in [6, 6.07) is 15.0. The Hall–Kier alpha value is -3.07. The molecule has 0 saturated carbocycles. The maximum Gasteiger partial charge on any atom is 0.355 e. The Kier molecular flexibility index (Phi) is 5.14. The van der Waals surface area contributed by atoms with Crippen molar-refractivity contribution in [2.45, 2.75) is 13.5 Å². The van der Waals surface area contributed by atoms with Crippen molar-refractivity contribution in [3.63, 3.8) is 0 Å². The van der Waals surface area contributed by atoms with E-state index < -0.39 is 0 Å². The van der Waals surface area contributed by atoms with Crippen molar-refractivity contribution in [1.82, 2.24) is 25.9 Å². The van der Waals surface area contributed by atoms with Crippen LogP contribution in [0.2, 0.25) is 5.02 Å². The Labute approximate surface area is 173 Å². The Morgan fingerprint density at radius 2 is 1.86 bits per heavy atom. The molecule has 2 N–H and O–H groups in total.